The second-order valence-corrected chi connectivity index (χ2v) is 7.78. The van der Waals surface area contributed by atoms with Gasteiger partial charge < -0.3 is 19.2 Å². The standard InChI is InChI=1S/C24H19F2N3O4/c25-24(26)9-11-29(14-20(24)33-21-8-6-15-3-1-2-4-18(15)28-21)23(31)17-13-16(5-7-19(17)30)22-27-10-12-32-22/h1-8,10,12-13,20,30H,9,11,14H2. The van der Waals surface area contributed by atoms with Crippen LogP contribution in [0.1, 0.15) is 16.8 Å². The van der Waals surface area contributed by atoms with Gasteiger partial charge in [0.05, 0.1) is 23.8 Å². The largest absolute Gasteiger partial charge is 0.507 e. The van der Waals surface area contributed by atoms with Gasteiger partial charge in [-0.2, -0.15) is 0 Å². The average Bonchev–Trinajstić information content (AvgIpc) is 3.35. The Morgan fingerprint density at radius 1 is 1.18 bits per heavy atom. The lowest BCUT2D eigenvalue weighted by Gasteiger charge is -2.38. The molecular weight excluding hydrogens is 432 g/mol. The van der Waals surface area contributed by atoms with Gasteiger partial charge in [-0.05, 0) is 30.3 Å². The number of aromatic nitrogens is 2. The molecule has 1 N–H and O–H groups in total. The zero-order valence-corrected chi connectivity index (χ0v) is 17.3. The maximum atomic E-state index is 14.7. The Morgan fingerprint density at radius 2 is 2.03 bits per heavy atom. The van der Waals surface area contributed by atoms with Crippen molar-refractivity contribution < 1.29 is 27.8 Å². The van der Waals surface area contributed by atoms with Gasteiger partial charge in [-0.1, -0.05) is 18.2 Å². The number of oxazole rings is 1. The van der Waals surface area contributed by atoms with Crippen LogP contribution in [0.5, 0.6) is 11.6 Å². The third kappa shape index (κ3) is 4.09. The van der Waals surface area contributed by atoms with Crippen molar-refractivity contribution >= 4 is 16.8 Å². The highest BCUT2D eigenvalue weighted by atomic mass is 19.3. The molecule has 1 amide bonds. The molecule has 0 bridgehead atoms. The summed E-state index contributed by atoms with van der Waals surface area (Å²) in [6.07, 6.45) is 0.691. The fourth-order valence-electron chi connectivity index (χ4n) is 3.81. The number of hydrogen-bond donors (Lipinski definition) is 1. The number of pyridine rings is 1. The molecule has 9 heteroatoms. The van der Waals surface area contributed by atoms with E-state index in [1.807, 2.05) is 12.1 Å². The van der Waals surface area contributed by atoms with E-state index in [-0.39, 0.29) is 36.2 Å². The summed E-state index contributed by atoms with van der Waals surface area (Å²) in [5.41, 5.74) is 1.07. The number of likely N-dealkylation sites (tertiary alicyclic amines) is 1. The Labute approximate surface area is 187 Å². The number of amides is 1. The molecule has 0 saturated carbocycles. The second kappa shape index (κ2) is 8.16. The summed E-state index contributed by atoms with van der Waals surface area (Å²) in [7, 11) is 0. The molecule has 168 valence electrons. The lowest BCUT2D eigenvalue weighted by Crippen LogP contribution is -2.55. The number of para-hydroxylation sites is 1. The Kier molecular flexibility index (Phi) is 5.16. The summed E-state index contributed by atoms with van der Waals surface area (Å²) in [6.45, 7) is -0.539. The number of carbonyl (C=O) groups is 1. The smallest absolute Gasteiger partial charge is 0.287 e. The van der Waals surface area contributed by atoms with E-state index in [4.69, 9.17) is 9.15 Å². The number of rotatable bonds is 4. The van der Waals surface area contributed by atoms with Crippen molar-refractivity contribution in [2.45, 2.75) is 18.4 Å². The molecule has 3 heterocycles. The van der Waals surface area contributed by atoms with Crippen molar-refractivity contribution in [2.75, 3.05) is 13.1 Å². The summed E-state index contributed by atoms with van der Waals surface area (Å²) >= 11 is 0. The van der Waals surface area contributed by atoms with Gasteiger partial charge in [-0.15, -0.1) is 0 Å². The van der Waals surface area contributed by atoms with Crippen LogP contribution < -0.4 is 4.74 Å². The van der Waals surface area contributed by atoms with E-state index >= 15 is 0 Å². The number of benzene rings is 2. The van der Waals surface area contributed by atoms with Crippen LogP contribution in [0.3, 0.4) is 0 Å². The summed E-state index contributed by atoms with van der Waals surface area (Å²) in [6, 6.07) is 14.9. The van der Waals surface area contributed by atoms with Crippen molar-refractivity contribution in [1.29, 1.82) is 0 Å². The minimum Gasteiger partial charge on any atom is -0.507 e. The lowest BCUT2D eigenvalue weighted by atomic mass is 10.0. The maximum Gasteiger partial charge on any atom is 0.287 e. The van der Waals surface area contributed by atoms with Crippen molar-refractivity contribution in [3.63, 3.8) is 0 Å². The molecule has 5 rings (SSSR count). The highest BCUT2D eigenvalue weighted by Crippen LogP contribution is 2.34. The zero-order chi connectivity index (χ0) is 23.0. The van der Waals surface area contributed by atoms with Crippen LogP contribution in [0.4, 0.5) is 8.78 Å². The first-order chi connectivity index (χ1) is 15.9. The van der Waals surface area contributed by atoms with Crippen molar-refractivity contribution in [3.05, 3.63) is 72.6 Å². The highest BCUT2D eigenvalue weighted by molar-refractivity contribution is 5.98. The van der Waals surface area contributed by atoms with Crippen LogP contribution in [0.2, 0.25) is 0 Å². The molecule has 1 fully saturated rings. The van der Waals surface area contributed by atoms with Crippen molar-refractivity contribution in [2.24, 2.45) is 0 Å². The maximum absolute atomic E-state index is 14.7. The van der Waals surface area contributed by atoms with Crippen molar-refractivity contribution in [1.82, 2.24) is 14.9 Å². The van der Waals surface area contributed by atoms with E-state index in [0.29, 0.717) is 11.1 Å². The number of hydrogen-bond acceptors (Lipinski definition) is 6. The molecule has 4 aromatic rings. The number of halogens is 2. The van der Waals surface area contributed by atoms with Gasteiger partial charge in [0.15, 0.2) is 6.10 Å². The molecule has 7 nitrogen and oxygen atoms in total. The number of fused-ring (bicyclic) bond motifs is 1. The monoisotopic (exact) mass is 451 g/mol. The van der Waals surface area contributed by atoms with Gasteiger partial charge >= 0.3 is 0 Å². The molecule has 0 aliphatic carbocycles. The third-order valence-electron chi connectivity index (χ3n) is 5.60. The zero-order valence-electron chi connectivity index (χ0n) is 17.3. The first-order valence-electron chi connectivity index (χ1n) is 10.3. The van der Waals surface area contributed by atoms with Crippen LogP contribution >= 0.6 is 0 Å². The molecule has 2 aromatic heterocycles. The molecule has 1 unspecified atom stereocenters. The fraction of sp³-hybridized carbons (Fsp3) is 0.208. The van der Waals surface area contributed by atoms with E-state index in [2.05, 4.69) is 9.97 Å². The summed E-state index contributed by atoms with van der Waals surface area (Å²) < 4.78 is 40.2. The Hall–Kier alpha value is -4.01. The summed E-state index contributed by atoms with van der Waals surface area (Å²) in [4.78, 5) is 22.7. The number of phenols is 1. The fourth-order valence-corrected chi connectivity index (χ4v) is 3.81. The summed E-state index contributed by atoms with van der Waals surface area (Å²) in [5, 5.41) is 11.1. The predicted molar refractivity (Wildman–Crippen MR) is 115 cm³/mol. The number of alkyl halides is 2. The number of nitrogens with zero attached hydrogens (tertiary/aromatic N) is 3. The number of piperidine rings is 1. The quantitative estimate of drug-likeness (QED) is 0.491. The van der Waals surface area contributed by atoms with Gasteiger partial charge in [0, 0.05) is 30.0 Å². The number of aromatic hydroxyl groups is 1. The Balaban J connectivity index is 1.38. The minimum atomic E-state index is -3.15. The topological polar surface area (TPSA) is 88.7 Å². The molecule has 1 saturated heterocycles. The molecule has 1 atom stereocenters. The first kappa shape index (κ1) is 20.9. The number of phenolic OH excluding ortho intramolecular Hbond substituents is 1. The first-order valence-corrected chi connectivity index (χ1v) is 10.3. The normalized spacial score (nSPS) is 17.8. The van der Waals surface area contributed by atoms with Gasteiger partial charge in [0.1, 0.15) is 12.0 Å². The van der Waals surface area contributed by atoms with Crippen LogP contribution in [0.25, 0.3) is 22.4 Å². The van der Waals surface area contributed by atoms with E-state index in [9.17, 15) is 18.7 Å². The molecule has 2 aromatic carbocycles. The van der Waals surface area contributed by atoms with E-state index in [1.54, 1.807) is 24.3 Å². The molecular formula is C24H19F2N3O4. The molecule has 0 radical (unpaired) electrons. The van der Waals surface area contributed by atoms with Gasteiger partial charge in [0.25, 0.3) is 11.8 Å². The lowest BCUT2D eigenvalue weighted by molar-refractivity contribution is -0.131. The highest BCUT2D eigenvalue weighted by Gasteiger charge is 2.47. The molecule has 1 aliphatic rings. The second-order valence-electron chi connectivity index (χ2n) is 7.78. The predicted octanol–water partition coefficient (Wildman–Crippen LogP) is 4.52. The van der Waals surface area contributed by atoms with E-state index in [1.165, 1.54) is 35.6 Å². The van der Waals surface area contributed by atoms with Gasteiger partial charge in [-0.3, -0.25) is 4.79 Å². The average molecular weight is 451 g/mol. The number of ether oxygens (including phenoxy) is 1. The Bertz CT molecular complexity index is 1310. The van der Waals surface area contributed by atoms with Gasteiger partial charge in [-0.25, -0.2) is 18.7 Å². The van der Waals surface area contributed by atoms with Crippen LogP contribution in [0.15, 0.2) is 71.5 Å². The van der Waals surface area contributed by atoms with Crippen LogP contribution in [0, 0.1) is 0 Å². The minimum absolute atomic E-state index is 0.0292. The van der Waals surface area contributed by atoms with Crippen LogP contribution in [-0.4, -0.2) is 51.0 Å². The van der Waals surface area contributed by atoms with E-state index < -0.39 is 24.4 Å². The van der Waals surface area contributed by atoms with E-state index in [0.717, 1.165) is 5.39 Å². The molecule has 0 spiro atoms. The SMILES string of the molecule is O=C(c1cc(-c2ncco2)ccc1O)N1CCC(F)(F)C(Oc2ccc3ccccc3n2)C1. The van der Waals surface area contributed by atoms with Crippen LogP contribution in [-0.2, 0) is 0 Å². The Morgan fingerprint density at radius 3 is 2.85 bits per heavy atom. The van der Waals surface area contributed by atoms with Gasteiger partial charge in [0.2, 0.25) is 11.8 Å². The summed E-state index contributed by atoms with van der Waals surface area (Å²) in [5.74, 6) is -3.66. The molecule has 1 aliphatic heterocycles. The number of carbonyl (C=O) groups excluding carboxylic acids is 1. The molecule has 33 heavy (non-hydrogen) atoms. The van der Waals surface area contributed by atoms with Crippen molar-refractivity contribution in [3.8, 4) is 23.1 Å². The third-order valence-corrected chi connectivity index (χ3v) is 5.60.